The predicted octanol–water partition coefficient (Wildman–Crippen LogP) is 7.10. The van der Waals surface area contributed by atoms with E-state index >= 15 is 0 Å². The van der Waals surface area contributed by atoms with Gasteiger partial charge in [-0.25, -0.2) is 0 Å². The topological polar surface area (TPSA) is 6.48 Å². The third kappa shape index (κ3) is 4.55. The largest absolute Gasteiger partial charge is 0.364 e. The standard InChI is InChI=1S/C30H30N2/c1-5-13-25(14-6-1)24-32(28-19-11-4-12-20-28)29-21-22-31(27-17-9-3-10-18-27)30(23-29)26-15-7-2-8-16-26/h1-20,29-30H,21-24H2/t29-,30+/m1/s1. The van der Waals surface area contributed by atoms with Gasteiger partial charge in [-0.3, -0.25) is 0 Å². The predicted molar refractivity (Wildman–Crippen MR) is 135 cm³/mol. The van der Waals surface area contributed by atoms with Crippen LogP contribution in [0.3, 0.4) is 0 Å². The van der Waals surface area contributed by atoms with Crippen LogP contribution in [0, 0.1) is 0 Å². The summed E-state index contributed by atoms with van der Waals surface area (Å²) in [7, 11) is 0. The molecule has 1 saturated heterocycles. The average molecular weight is 419 g/mol. The Morgan fingerprint density at radius 1 is 0.656 bits per heavy atom. The highest BCUT2D eigenvalue weighted by Crippen LogP contribution is 2.38. The molecule has 0 aromatic heterocycles. The Labute approximate surface area is 191 Å². The number of rotatable bonds is 6. The molecule has 0 saturated carbocycles. The van der Waals surface area contributed by atoms with Gasteiger partial charge in [-0.1, -0.05) is 97.1 Å². The van der Waals surface area contributed by atoms with Crippen molar-refractivity contribution in [3.63, 3.8) is 0 Å². The van der Waals surface area contributed by atoms with E-state index in [4.69, 9.17) is 0 Å². The molecule has 1 fully saturated rings. The zero-order valence-corrected chi connectivity index (χ0v) is 18.4. The van der Waals surface area contributed by atoms with Crippen LogP contribution in [0.2, 0.25) is 0 Å². The first-order valence-corrected chi connectivity index (χ1v) is 11.6. The second-order valence-electron chi connectivity index (χ2n) is 8.58. The lowest BCUT2D eigenvalue weighted by Gasteiger charge is -2.45. The number of hydrogen-bond donors (Lipinski definition) is 0. The van der Waals surface area contributed by atoms with Crippen molar-refractivity contribution in [1.29, 1.82) is 0 Å². The first-order chi connectivity index (χ1) is 15.9. The number of hydrogen-bond acceptors (Lipinski definition) is 2. The number of para-hydroxylation sites is 2. The van der Waals surface area contributed by atoms with E-state index in [0.29, 0.717) is 12.1 Å². The zero-order chi connectivity index (χ0) is 21.6. The molecular formula is C30H30N2. The minimum Gasteiger partial charge on any atom is -0.364 e. The van der Waals surface area contributed by atoms with Gasteiger partial charge < -0.3 is 9.80 Å². The van der Waals surface area contributed by atoms with E-state index in [1.807, 2.05) is 0 Å². The fraction of sp³-hybridized carbons (Fsp3) is 0.200. The minimum atomic E-state index is 0.360. The third-order valence-electron chi connectivity index (χ3n) is 6.57. The maximum absolute atomic E-state index is 2.62. The van der Waals surface area contributed by atoms with Gasteiger partial charge in [-0.05, 0) is 48.2 Å². The highest BCUT2D eigenvalue weighted by molar-refractivity contribution is 5.52. The average Bonchev–Trinajstić information content (AvgIpc) is 2.89. The Morgan fingerprint density at radius 3 is 1.88 bits per heavy atom. The van der Waals surface area contributed by atoms with Crippen molar-refractivity contribution >= 4 is 11.4 Å². The molecular weight excluding hydrogens is 388 g/mol. The molecule has 0 bridgehead atoms. The first-order valence-electron chi connectivity index (χ1n) is 11.6. The summed E-state index contributed by atoms with van der Waals surface area (Å²) in [4.78, 5) is 5.21. The lowest BCUT2D eigenvalue weighted by atomic mass is 9.89. The van der Waals surface area contributed by atoms with Crippen LogP contribution < -0.4 is 9.80 Å². The van der Waals surface area contributed by atoms with Crippen molar-refractivity contribution in [2.45, 2.75) is 31.5 Å². The maximum atomic E-state index is 2.62. The molecule has 1 aliphatic rings. The lowest BCUT2D eigenvalue weighted by molar-refractivity contribution is 0.395. The second kappa shape index (κ2) is 9.74. The number of piperidine rings is 1. The van der Waals surface area contributed by atoms with Gasteiger partial charge in [0.05, 0.1) is 6.04 Å². The van der Waals surface area contributed by atoms with Crippen molar-refractivity contribution in [2.24, 2.45) is 0 Å². The summed E-state index contributed by atoms with van der Waals surface area (Å²) in [6.07, 6.45) is 2.24. The summed E-state index contributed by atoms with van der Waals surface area (Å²) in [5.74, 6) is 0. The summed E-state index contributed by atoms with van der Waals surface area (Å²) in [6.45, 7) is 1.98. The molecule has 0 unspecified atom stereocenters. The molecule has 4 aromatic rings. The first kappa shape index (κ1) is 20.4. The van der Waals surface area contributed by atoms with Crippen molar-refractivity contribution in [2.75, 3.05) is 16.3 Å². The molecule has 0 aliphatic carbocycles. The maximum Gasteiger partial charge on any atom is 0.0562 e. The molecule has 160 valence electrons. The van der Waals surface area contributed by atoms with Gasteiger partial charge in [-0.15, -0.1) is 0 Å². The zero-order valence-electron chi connectivity index (χ0n) is 18.4. The molecule has 0 spiro atoms. The Balaban J connectivity index is 1.48. The van der Waals surface area contributed by atoms with Gasteiger partial charge in [0.15, 0.2) is 0 Å². The van der Waals surface area contributed by atoms with Crippen LogP contribution in [0.4, 0.5) is 11.4 Å². The number of anilines is 2. The SMILES string of the molecule is c1ccc(CN(c2ccccc2)[C@@H]2CCN(c3ccccc3)[C@H](c3ccccc3)C2)cc1. The van der Waals surface area contributed by atoms with Gasteiger partial charge in [0, 0.05) is 30.5 Å². The molecule has 1 heterocycles. The van der Waals surface area contributed by atoms with Crippen LogP contribution >= 0.6 is 0 Å². The Morgan fingerprint density at radius 2 is 1.22 bits per heavy atom. The van der Waals surface area contributed by atoms with Crippen LogP contribution in [0.5, 0.6) is 0 Å². The van der Waals surface area contributed by atoms with Crippen LogP contribution in [0.1, 0.15) is 30.0 Å². The van der Waals surface area contributed by atoms with Crippen molar-refractivity contribution in [1.82, 2.24) is 0 Å². The minimum absolute atomic E-state index is 0.360. The molecule has 32 heavy (non-hydrogen) atoms. The van der Waals surface area contributed by atoms with Gasteiger partial charge in [0.1, 0.15) is 0 Å². The molecule has 0 radical (unpaired) electrons. The summed E-state index contributed by atoms with van der Waals surface area (Å²) in [6, 6.07) is 44.5. The summed E-state index contributed by atoms with van der Waals surface area (Å²) < 4.78 is 0. The van der Waals surface area contributed by atoms with E-state index in [-0.39, 0.29) is 0 Å². The number of nitrogens with zero attached hydrogens (tertiary/aromatic N) is 2. The molecule has 1 aliphatic heterocycles. The molecule has 5 rings (SSSR count). The van der Waals surface area contributed by atoms with E-state index in [9.17, 15) is 0 Å². The second-order valence-corrected chi connectivity index (χ2v) is 8.58. The van der Waals surface area contributed by atoms with Gasteiger partial charge in [0.2, 0.25) is 0 Å². The highest BCUT2D eigenvalue weighted by atomic mass is 15.2. The van der Waals surface area contributed by atoms with E-state index < -0.39 is 0 Å². The van der Waals surface area contributed by atoms with Crippen LogP contribution in [-0.4, -0.2) is 12.6 Å². The van der Waals surface area contributed by atoms with Crippen LogP contribution in [-0.2, 0) is 6.54 Å². The smallest absolute Gasteiger partial charge is 0.0562 e. The van der Waals surface area contributed by atoms with Crippen LogP contribution in [0.25, 0.3) is 0 Å². The van der Waals surface area contributed by atoms with Crippen molar-refractivity contribution < 1.29 is 0 Å². The van der Waals surface area contributed by atoms with Gasteiger partial charge >= 0.3 is 0 Å². The van der Waals surface area contributed by atoms with E-state index in [1.54, 1.807) is 0 Å². The van der Waals surface area contributed by atoms with Crippen molar-refractivity contribution in [3.8, 4) is 0 Å². The van der Waals surface area contributed by atoms with E-state index in [0.717, 1.165) is 25.9 Å². The molecule has 0 amide bonds. The van der Waals surface area contributed by atoms with Crippen molar-refractivity contribution in [3.05, 3.63) is 132 Å². The number of benzene rings is 4. The quantitative estimate of drug-likeness (QED) is 0.329. The third-order valence-corrected chi connectivity index (χ3v) is 6.57. The lowest BCUT2D eigenvalue weighted by Crippen LogP contribution is -2.46. The van der Waals surface area contributed by atoms with Crippen LogP contribution in [0.15, 0.2) is 121 Å². The van der Waals surface area contributed by atoms with Gasteiger partial charge in [-0.2, -0.15) is 0 Å². The normalized spacial score (nSPS) is 18.3. The fourth-order valence-corrected chi connectivity index (χ4v) is 4.98. The summed E-state index contributed by atoms with van der Waals surface area (Å²) >= 11 is 0. The highest BCUT2D eigenvalue weighted by Gasteiger charge is 2.33. The van der Waals surface area contributed by atoms with Gasteiger partial charge in [0.25, 0.3) is 0 Å². The Hall–Kier alpha value is -3.52. The molecule has 2 atom stereocenters. The summed E-state index contributed by atoms with van der Waals surface area (Å²) in [5, 5.41) is 0. The molecule has 2 heteroatoms. The van der Waals surface area contributed by atoms with E-state index in [1.165, 1.54) is 22.5 Å². The fourth-order valence-electron chi connectivity index (χ4n) is 4.98. The van der Waals surface area contributed by atoms with E-state index in [2.05, 4.69) is 131 Å². The monoisotopic (exact) mass is 418 g/mol. The summed E-state index contributed by atoms with van der Waals surface area (Å²) in [5.41, 5.74) is 5.38. The Kier molecular flexibility index (Phi) is 6.20. The molecule has 2 nitrogen and oxygen atoms in total. The Bertz CT molecular complexity index is 1040. The molecule has 0 N–H and O–H groups in total. The molecule has 4 aromatic carbocycles.